The predicted octanol–water partition coefficient (Wildman–Crippen LogP) is 2.68. The summed E-state index contributed by atoms with van der Waals surface area (Å²) in [5.41, 5.74) is 7.73. The van der Waals surface area contributed by atoms with Crippen molar-refractivity contribution in [2.75, 3.05) is 31.3 Å². The molecule has 0 saturated heterocycles. The number of benzene rings is 1. The van der Waals surface area contributed by atoms with Crippen molar-refractivity contribution in [1.82, 2.24) is 0 Å². The van der Waals surface area contributed by atoms with E-state index in [1.165, 1.54) is 32.8 Å². The quantitative estimate of drug-likeness (QED) is 0.669. The lowest BCUT2D eigenvalue weighted by Crippen LogP contribution is -2.24. The summed E-state index contributed by atoms with van der Waals surface area (Å²) in [7, 11) is 3.43. The van der Waals surface area contributed by atoms with Gasteiger partial charge >= 0.3 is 5.97 Å². The molecule has 1 aliphatic carbocycles. The number of hydrogen-bond donors (Lipinski definition) is 1. The van der Waals surface area contributed by atoms with Crippen LogP contribution in [0.5, 0.6) is 0 Å². The Morgan fingerprint density at radius 2 is 2.11 bits per heavy atom. The Morgan fingerprint density at radius 1 is 1.42 bits per heavy atom. The Kier molecular flexibility index (Phi) is 4.30. The second kappa shape index (κ2) is 5.95. The van der Waals surface area contributed by atoms with Crippen LogP contribution in [-0.4, -0.2) is 26.7 Å². The number of esters is 1. The van der Waals surface area contributed by atoms with Crippen molar-refractivity contribution in [3.63, 3.8) is 0 Å². The third kappa shape index (κ3) is 3.19. The van der Waals surface area contributed by atoms with Gasteiger partial charge in [-0.25, -0.2) is 4.79 Å². The molecule has 4 nitrogen and oxygen atoms in total. The van der Waals surface area contributed by atoms with Crippen LogP contribution in [0.15, 0.2) is 18.2 Å². The molecule has 4 heteroatoms. The van der Waals surface area contributed by atoms with Crippen LogP contribution in [0.2, 0.25) is 0 Å². The van der Waals surface area contributed by atoms with Gasteiger partial charge in [0.25, 0.3) is 0 Å². The van der Waals surface area contributed by atoms with Crippen LogP contribution in [0.3, 0.4) is 0 Å². The summed E-state index contributed by atoms with van der Waals surface area (Å²) in [5.74, 6) is 0.387. The first kappa shape index (κ1) is 13.7. The second-order valence-corrected chi connectivity index (χ2v) is 5.29. The Bertz CT molecular complexity index is 453. The van der Waals surface area contributed by atoms with Gasteiger partial charge in [0.1, 0.15) is 0 Å². The molecule has 2 N–H and O–H groups in total. The molecule has 1 fully saturated rings. The van der Waals surface area contributed by atoms with Gasteiger partial charge in [-0.2, -0.15) is 0 Å². The largest absolute Gasteiger partial charge is 0.465 e. The van der Waals surface area contributed by atoms with E-state index in [1.54, 1.807) is 6.07 Å². The summed E-state index contributed by atoms with van der Waals surface area (Å²) in [6.07, 6.45) is 5.30. The zero-order valence-corrected chi connectivity index (χ0v) is 11.7. The maximum atomic E-state index is 11.6. The van der Waals surface area contributed by atoms with Gasteiger partial charge in [-0.1, -0.05) is 12.8 Å². The average molecular weight is 262 g/mol. The molecule has 1 aliphatic rings. The van der Waals surface area contributed by atoms with Crippen LogP contribution in [0.1, 0.15) is 36.0 Å². The molecule has 0 aromatic heterocycles. The van der Waals surface area contributed by atoms with Gasteiger partial charge in [0.2, 0.25) is 0 Å². The van der Waals surface area contributed by atoms with Gasteiger partial charge < -0.3 is 15.4 Å². The van der Waals surface area contributed by atoms with Crippen molar-refractivity contribution in [2.24, 2.45) is 5.92 Å². The highest BCUT2D eigenvalue weighted by molar-refractivity contribution is 5.96. The summed E-state index contributed by atoms with van der Waals surface area (Å²) >= 11 is 0. The monoisotopic (exact) mass is 262 g/mol. The summed E-state index contributed by atoms with van der Waals surface area (Å²) < 4.78 is 4.75. The van der Waals surface area contributed by atoms with Gasteiger partial charge in [0.05, 0.1) is 12.7 Å². The lowest BCUT2D eigenvalue weighted by molar-refractivity contribution is 0.0602. The van der Waals surface area contributed by atoms with Crippen molar-refractivity contribution in [1.29, 1.82) is 0 Å². The molecule has 1 aromatic rings. The van der Waals surface area contributed by atoms with Crippen molar-refractivity contribution < 1.29 is 9.53 Å². The van der Waals surface area contributed by atoms with Crippen molar-refractivity contribution in [2.45, 2.75) is 25.7 Å². The molecule has 0 aliphatic heterocycles. The number of hydrogen-bond acceptors (Lipinski definition) is 4. The molecule has 0 bridgehead atoms. The number of carbonyl (C=O) groups excluding carboxylic acids is 1. The minimum Gasteiger partial charge on any atom is -0.465 e. The third-order valence-electron chi connectivity index (χ3n) is 3.89. The van der Waals surface area contributed by atoms with E-state index in [0.29, 0.717) is 11.3 Å². The number of nitrogens with two attached hydrogens (primary N) is 1. The maximum absolute atomic E-state index is 11.6. The lowest BCUT2D eigenvalue weighted by Gasteiger charge is -2.23. The number of rotatable bonds is 4. The van der Waals surface area contributed by atoms with Crippen LogP contribution < -0.4 is 10.6 Å². The first-order valence-electron chi connectivity index (χ1n) is 6.80. The smallest absolute Gasteiger partial charge is 0.340 e. The maximum Gasteiger partial charge on any atom is 0.340 e. The molecule has 0 amide bonds. The molecule has 1 aromatic carbocycles. The molecule has 104 valence electrons. The molecule has 0 atom stereocenters. The van der Waals surface area contributed by atoms with Gasteiger partial charge in [0.15, 0.2) is 0 Å². The highest BCUT2D eigenvalue weighted by atomic mass is 16.5. The Morgan fingerprint density at radius 3 is 2.74 bits per heavy atom. The Balaban J connectivity index is 2.12. The highest BCUT2D eigenvalue weighted by Gasteiger charge is 2.18. The van der Waals surface area contributed by atoms with Gasteiger partial charge in [-0.05, 0) is 37.0 Å². The van der Waals surface area contributed by atoms with Crippen LogP contribution in [0.25, 0.3) is 0 Å². The fraction of sp³-hybridized carbons (Fsp3) is 0.533. The molecule has 1 saturated carbocycles. The molecule has 0 unspecified atom stereocenters. The van der Waals surface area contributed by atoms with Gasteiger partial charge in [-0.3, -0.25) is 0 Å². The molecule has 0 spiro atoms. The summed E-state index contributed by atoms with van der Waals surface area (Å²) in [6.45, 7) is 1.03. The van der Waals surface area contributed by atoms with Crippen LogP contribution >= 0.6 is 0 Å². The van der Waals surface area contributed by atoms with Crippen LogP contribution in [-0.2, 0) is 4.74 Å². The fourth-order valence-corrected chi connectivity index (χ4v) is 2.75. The van der Waals surface area contributed by atoms with E-state index in [9.17, 15) is 4.79 Å². The van der Waals surface area contributed by atoms with E-state index in [0.717, 1.165) is 18.2 Å². The summed E-state index contributed by atoms with van der Waals surface area (Å²) in [4.78, 5) is 13.8. The molecule has 0 radical (unpaired) electrons. The molecule has 2 rings (SSSR count). The summed E-state index contributed by atoms with van der Waals surface area (Å²) in [6, 6.07) is 5.54. The van der Waals surface area contributed by atoms with E-state index in [4.69, 9.17) is 10.5 Å². The SMILES string of the molecule is COC(=O)c1cc(N(C)CC2CCCC2)ccc1N. The van der Waals surface area contributed by atoms with Crippen molar-refractivity contribution >= 4 is 17.3 Å². The van der Waals surface area contributed by atoms with E-state index >= 15 is 0 Å². The number of ether oxygens (including phenoxy) is 1. The second-order valence-electron chi connectivity index (χ2n) is 5.29. The topological polar surface area (TPSA) is 55.6 Å². The minimum atomic E-state index is -0.381. The summed E-state index contributed by atoms with van der Waals surface area (Å²) in [5, 5.41) is 0. The minimum absolute atomic E-state index is 0.381. The normalized spacial score (nSPS) is 15.5. The molecular weight excluding hydrogens is 240 g/mol. The number of nitrogens with zero attached hydrogens (tertiary/aromatic N) is 1. The molecular formula is C15H22N2O2. The Labute approximate surface area is 114 Å². The van der Waals surface area contributed by atoms with E-state index in [-0.39, 0.29) is 5.97 Å². The third-order valence-corrected chi connectivity index (χ3v) is 3.89. The van der Waals surface area contributed by atoms with Crippen LogP contribution in [0.4, 0.5) is 11.4 Å². The first-order chi connectivity index (χ1) is 9.11. The molecule has 19 heavy (non-hydrogen) atoms. The predicted molar refractivity (Wildman–Crippen MR) is 77.4 cm³/mol. The van der Waals surface area contributed by atoms with E-state index in [2.05, 4.69) is 11.9 Å². The van der Waals surface area contributed by atoms with Gasteiger partial charge in [0, 0.05) is 25.0 Å². The van der Waals surface area contributed by atoms with Gasteiger partial charge in [-0.15, -0.1) is 0 Å². The number of nitrogen functional groups attached to an aromatic ring is 1. The highest BCUT2D eigenvalue weighted by Crippen LogP contribution is 2.28. The van der Waals surface area contributed by atoms with Crippen molar-refractivity contribution in [3.05, 3.63) is 23.8 Å². The number of carbonyl (C=O) groups is 1. The zero-order chi connectivity index (χ0) is 13.8. The fourth-order valence-electron chi connectivity index (χ4n) is 2.75. The van der Waals surface area contributed by atoms with E-state index in [1.807, 2.05) is 12.1 Å². The number of anilines is 2. The van der Waals surface area contributed by atoms with E-state index < -0.39 is 0 Å². The Hall–Kier alpha value is -1.71. The van der Waals surface area contributed by atoms with Crippen LogP contribution in [0, 0.1) is 5.92 Å². The standard InChI is InChI=1S/C15H22N2O2/c1-17(10-11-5-3-4-6-11)12-7-8-14(16)13(9-12)15(18)19-2/h7-9,11H,3-6,10,16H2,1-2H3. The first-order valence-corrected chi connectivity index (χ1v) is 6.80. The molecule has 0 heterocycles. The number of methoxy groups -OCH3 is 1. The van der Waals surface area contributed by atoms with Crippen molar-refractivity contribution in [3.8, 4) is 0 Å². The zero-order valence-electron chi connectivity index (χ0n) is 11.7. The average Bonchev–Trinajstić information content (AvgIpc) is 2.91. The lowest BCUT2D eigenvalue weighted by atomic mass is 10.1.